The number of carbonyl (C=O) groups is 1. The van der Waals surface area contributed by atoms with Gasteiger partial charge in [-0.05, 0) is 82.4 Å². The van der Waals surface area contributed by atoms with E-state index in [1.165, 1.54) is 25.1 Å². The van der Waals surface area contributed by atoms with Gasteiger partial charge in [0.1, 0.15) is 17.7 Å². The lowest BCUT2D eigenvalue weighted by Crippen LogP contribution is -2.48. The van der Waals surface area contributed by atoms with Gasteiger partial charge in [-0.25, -0.2) is 9.37 Å². The van der Waals surface area contributed by atoms with E-state index in [2.05, 4.69) is 9.88 Å². The van der Waals surface area contributed by atoms with Crippen LogP contribution in [0.2, 0.25) is 5.02 Å². The Labute approximate surface area is 219 Å². The Morgan fingerprint density at radius 3 is 2.65 bits per heavy atom. The maximum atomic E-state index is 13.9. The van der Waals surface area contributed by atoms with E-state index < -0.39 is 23.6 Å². The number of hydrogen-bond acceptors (Lipinski definition) is 5. The van der Waals surface area contributed by atoms with Gasteiger partial charge in [0.25, 0.3) is 0 Å². The lowest BCUT2D eigenvalue weighted by atomic mass is 10.1. The molecule has 37 heavy (non-hydrogen) atoms. The van der Waals surface area contributed by atoms with Crippen molar-refractivity contribution >= 4 is 29.0 Å². The van der Waals surface area contributed by atoms with Crippen LogP contribution in [0.25, 0.3) is 0 Å². The van der Waals surface area contributed by atoms with Gasteiger partial charge in [-0.3, -0.25) is 4.79 Å². The molecule has 2 fully saturated rings. The lowest BCUT2D eigenvalue weighted by molar-refractivity contribution is -0.137. The standard InChI is InChI=1S/C26H32ClF4N5O/c1-17-13-18(26(29,30)31)14-24(33-17)36-11-3-6-23(36)25(37)35(20-7-8-22(28)21(27)15-20)12-4-10-34-9-2-5-19(32)16-34/h7-8,13-15,19,23H,2-6,9-12,16,32H2,1H3/t19-,23-/m0/s1. The van der Waals surface area contributed by atoms with E-state index in [-0.39, 0.29) is 28.5 Å². The van der Waals surface area contributed by atoms with Crippen molar-refractivity contribution in [2.45, 2.75) is 57.3 Å². The minimum absolute atomic E-state index is 0.101. The molecule has 0 saturated carbocycles. The fourth-order valence-corrected chi connectivity index (χ4v) is 5.38. The number of amides is 1. The number of anilines is 2. The van der Waals surface area contributed by atoms with E-state index in [0.717, 1.165) is 44.6 Å². The highest BCUT2D eigenvalue weighted by Gasteiger charge is 2.37. The first-order valence-electron chi connectivity index (χ1n) is 12.6. The first kappa shape index (κ1) is 27.6. The molecule has 0 radical (unpaired) electrons. The van der Waals surface area contributed by atoms with E-state index in [9.17, 15) is 22.4 Å². The molecule has 2 atom stereocenters. The van der Waals surface area contributed by atoms with Crippen LogP contribution in [-0.2, 0) is 11.0 Å². The van der Waals surface area contributed by atoms with Gasteiger partial charge in [0.2, 0.25) is 5.91 Å². The lowest BCUT2D eigenvalue weighted by Gasteiger charge is -2.33. The monoisotopic (exact) mass is 541 g/mol. The summed E-state index contributed by atoms with van der Waals surface area (Å²) in [6, 6.07) is 5.57. The van der Waals surface area contributed by atoms with E-state index in [1.807, 2.05) is 0 Å². The molecule has 11 heteroatoms. The second-order valence-electron chi connectivity index (χ2n) is 9.85. The highest BCUT2D eigenvalue weighted by Crippen LogP contribution is 2.34. The molecule has 0 aliphatic carbocycles. The summed E-state index contributed by atoms with van der Waals surface area (Å²) in [5, 5.41) is -0.101. The predicted octanol–water partition coefficient (Wildman–Crippen LogP) is 5.02. The van der Waals surface area contributed by atoms with Gasteiger partial charge < -0.3 is 20.4 Å². The van der Waals surface area contributed by atoms with Gasteiger partial charge in [0, 0.05) is 37.1 Å². The van der Waals surface area contributed by atoms with E-state index >= 15 is 0 Å². The number of benzene rings is 1. The first-order valence-corrected chi connectivity index (χ1v) is 13.0. The van der Waals surface area contributed by atoms with Crippen molar-refractivity contribution in [3.8, 4) is 0 Å². The molecule has 2 saturated heterocycles. The van der Waals surface area contributed by atoms with Crippen molar-refractivity contribution in [2.75, 3.05) is 42.5 Å². The molecular formula is C26H32ClF4N5O. The second kappa shape index (κ2) is 11.5. The van der Waals surface area contributed by atoms with Crippen molar-refractivity contribution in [1.82, 2.24) is 9.88 Å². The molecule has 2 aromatic rings. The molecule has 1 aromatic heterocycles. The maximum Gasteiger partial charge on any atom is 0.416 e. The number of likely N-dealkylation sites (tertiary alicyclic amines) is 1. The number of piperidine rings is 1. The minimum atomic E-state index is -4.52. The maximum absolute atomic E-state index is 13.9. The summed E-state index contributed by atoms with van der Waals surface area (Å²) in [4.78, 5) is 23.7. The molecule has 0 unspecified atom stereocenters. The Balaban J connectivity index is 1.57. The number of hydrogen-bond donors (Lipinski definition) is 1. The highest BCUT2D eigenvalue weighted by atomic mass is 35.5. The van der Waals surface area contributed by atoms with Gasteiger partial charge in [-0.1, -0.05) is 11.6 Å². The number of nitrogens with two attached hydrogens (primary N) is 1. The molecule has 2 N–H and O–H groups in total. The Hall–Kier alpha value is -2.43. The zero-order valence-electron chi connectivity index (χ0n) is 20.8. The van der Waals surface area contributed by atoms with Crippen LogP contribution in [0.4, 0.5) is 29.1 Å². The topological polar surface area (TPSA) is 65.7 Å². The van der Waals surface area contributed by atoms with Crippen molar-refractivity contribution < 1.29 is 22.4 Å². The largest absolute Gasteiger partial charge is 0.416 e. The van der Waals surface area contributed by atoms with Gasteiger partial charge in [0.05, 0.1) is 10.6 Å². The average molecular weight is 542 g/mol. The molecule has 2 aliphatic rings. The molecule has 3 heterocycles. The van der Waals surface area contributed by atoms with Gasteiger partial charge >= 0.3 is 6.18 Å². The van der Waals surface area contributed by atoms with Gasteiger partial charge in [0.15, 0.2) is 0 Å². The van der Waals surface area contributed by atoms with Crippen LogP contribution < -0.4 is 15.5 Å². The number of aryl methyl sites for hydroxylation is 1. The second-order valence-corrected chi connectivity index (χ2v) is 10.3. The minimum Gasteiger partial charge on any atom is -0.345 e. The number of rotatable bonds is 7. The third kappa shape index (κ3) is 6.72. The van der Waals surface area contributed by atoms with Crippen LogP contribution in [0.15, 0.2) is 30.3 Å². The third-order valence-electron chi connectivity index (χ3n) is 6.98. The molecule has 0 spiro atoms. The van der Waals surface area contributed by atoms with Crippen LogP contribution in [0.1, 0.15) is 43.4 Å². The summed E-state index contributed by atoms with van der Waals surface area (Å²) in [7, 11) is 0. The number of aromatic nitrogens is 1. The fourth-order valence-electron chi connectivity index (χ4n) is 5.21. The number of nitrogens with zero attached hydrogens (tertiary/aromatic N) is 4. The van der Waals surface area contributed by atoms with Crippen LogP contribution in [-0.4, -0.2) is 60.6 Å². The van der Waals surface area contributed by atoms with Crippen molar-refractivity contribution in [3.05, 3.63) is 52.4 Å². The SMILES string of the molecule is Cc1cc(C(F)(F)F)cc(N2CCC[C@H]2C(=O)N(CCCN2CCC[C@H](N)C2)c2ccc(F)c(Cl)c2)n1. The summed E-state index contributed by atoms with van der Waals surface area (Å²) < 4.78 is 54.2. The number of halogens is 5. The molecule has 6 nitrogen and oxygen atoms in total. The summed E-state index contributed by atoms with van der Waals surface area (Å²) >= 11 is 6.03. The zero-order chi connectivity index (χ0) is 26.7. The zero-order valence-corrected chi connectivity index (χ0v) is 21.5. The van der Waals surface area contributed by atoms with E-state index in [1.54, 1.807) is 9.80 Å². The molecule has 1 amide bonds. The normalized spacial score (nSPS) is 20.9. The third-order valence-corrected chi connectivity index (χ3v) is 7.27. The van der Waals surface area contributed by atoms with E-state index in [4.69, 9.17) is 17.3 Å². The quantitative estimate of drug-likeness (QED) is 0.499. The smallest absolute Gasteiger partial charge is 0.345 e. The van der Waals surface area contributed by atoms with Crippen molar-refractivity contribution in [1.29, 1.82) is 0 Å². The summed E-state index contributed by atoms with van der Waals surface area (Å²) in [5.41, 5.74) is 5.97. The molecule has 202 valence electrons. The summed E-state index contributed by atoms with van der Waals surface area (Å²) in [6.45, 7) is 4.76. The van der Waals surface area contributed by atoms with Crippen molar-refractivity contribution in [2.24, 2.45) is 5.73 Å². The molecule has 0 bridgehead atoms. The van der Waals surface area contributed by atoms with Crippen LogP contribution in [0.3, 0.4) is 0 Å². The summed E-state index contributed by atoms with van der Waals surface area (Å²) in [6.07, 6.45) is -0.733. The Morgan fingerprint density at radius 1 is 1.19 bits per heavy atom. The first-order chi connectivity index (χ1) is 17.5. The Bertz CT molecular complexity index is 1110. The van der Waals surface area contributed by atoms with Crippen LogP contribution >= 0.6 is 11.6 Å². The van der Waals surface area contributed by atoms with E-state index in [0.29, 0.717) is 38.0 Å². The number of carbonyl (C=O) groups excluding carboxylic acids is 1. The highest BCUT2D eigenvalue weighted by molar-refractivity contribution is 6.31. The van der Waals surface area contributed by atoms with Gasteiger partial charge in [-0.15, -0.1) is 0 Å². The molecule has 2 aliphatic heterocycles. The van der Waals surface area contributed by atoms with Crippen LogP contribution in [0, 0.1) is 12.7 Å². The predicted molar refractivity (Wildman–Crippen MR) is 136 cm³/mol. The van der Waals surface area contributed by atoms with Crippen LogP contribution in [0.5, 0.6) is 0 Å². The Morgan fingerprint density at radius 2 is 1.95 bits per heavy atom. The summed E-state index contributed by atoms with van der Waals surface area (Å²) in [5.74, 6) is -0.735. The van der Waals surface area contributed by atoms with Gasteiger partial charge in [-0.2, -0.15) is 13.2 Å². The molecule has 1 aromatic carbocycles. The fraction of sp³-hybridized carbons (Fsp3) is 0.538. The Kier molecular flexibility index (Phi) is 8.60. The molecular weight excluding hydrogens is 510 g/mol. The number of alkyl halides is 3. The number of pyridine rings is 1. The average Bonchev–Trinajstić information content (AvgIpc) is 3.33. The molecule has 4 rings (SSSR count). The van der Waals surface area contributed by atoms with Crippen molar-refractivity contribution in [3.63, 3.8) is 0 Å².